The Bertz CT molecular complexity index is 996. The summed E-state index contributed by atoms with van der Waals surface area (Å²) in [5, 5.41) is 20.1. The molecule has 0 aliphatic rings. The van der Waals surface area contributed by atoms with Crippen LogP contribution in [0.2, 0.25) is 0 Å². The summed E-state index contributed by atoms with van der Waals surface area (Å²) in [5.41, 5.74) is 4.09. The minimum absolute atomic E-state index is 0. The SMILES string of the molecule is Oc1ccccc1-c1cccc(-c2cccc(-c3ccccc3O)n2)n1.[Co]. The first-order chi connectivity index (χ1) is 12.7. The second kappa shape index (κ2) is 8.03. The molecule has 0 unspecified atom stereocenters. The molecule has 0 aliphatic heterocycles. The van der Waals surface area contributed by atoms with Gasteiger partial charge in [-0.25, -0.2) is 9.97 Å². The molecule has 0 saturated heterocycles. The van der Waals surface area contributed by atoms with Crippen molar-refractivity contribution in [1.82, 2.24) is 9.97 Å². The van der Waals surface area contributed by atoms with Crippen molar-refractivity contribution in [3.8, 4) is 45.4 Å². The molecule has 2 N–H and O–H groups in total. The van der Waals surface area contributed by atoms with Crippen LogP contribution in [0.15, 0.2) is 84.9 Å². The topological polar surface area (TPSA) is 66.2 Å². The van der Waals surface area contributed by atoms with Crippen LogP contribution in [0.1, 0.15) is 0 Å². The van der Waals surface area contributed by atoms with Crippen LogP contribution in [0.25, 0.3) is 33.9 Å². The molecule has 5 heteroatoms. The Hall–Kier alpha value is -3.15. The number of aromatic nitrogens is 2. The van der Waals surface area contributed by atoms with Gasteiger partial charge in [0.2, 0.25) is 0 Å². The molecule has 0 fully saturated rings. The molecule has 4 aromatic rings. The van der Waals surface area contributed by atoms with Gasteiger partial charge in [0.15, 0.2) is 0 Å². The molecule has 0 spiro atoms. The van der Waals surface area contributed by atoms with E-state index in [1.807, 2.05) is 60.7 Å². The zero-order chi connectivity index (χ0) is 17.9. The summed E-state index contributed by atoms with van der Waals surface area (Å²) in [6.45, 7) is 0. The van der Waals surface area contributed by atoms with Crippen LogP contribution >= 0.6 is 0 Å². The number of para-hydroxylation sites is 2. The van der Waals surface area contributed by atoms with E-state index < -0.39 is 0 Å². The number of hydrogen-bond donors (Lipinski definition) is 2. The molecular weight excluding hydrogens is 383 g/mol. The van der Waals surface area contributed by atoms with Gasteiger partial charge in [-0.1, -0.05) is 36.4 Å². The van der Waals surface area contributed by atoms with Crippen molar-refractivity contribution >= 4 is 0 Å². The fourth-order valence-corrected chi connectivity index (χ4v) is 2.84. The van der Waals surface area contributed by atoms with Gasteiger partial charge in [0.25, 0.3) is 0 Å². The van der Waals surface area contributed by atoms with E-state index >= 15 is 0 Å². The van der Waals surface area contributed by atoms with Crippen LogP contribution in [0.4, 0.5) is 0 Å². The maximum Gasteiger partial charge on any atom is 0.124 e. The van der Waals surface area contributed by atoms with Gasteiger partial charge in [-0.2, -0.15) is 0 Å². The molecule has 4 nitrogen and oxygen atoms in total. The maximum absolute atomic E-state index is 10.1. The second-order valence-corrected chi connectivity index (χ2v) is 5.85. The van der Waals surface area contributed by atoms with E-state index in [4.69, 9.17) is 0 Å². The quantitative estimate of drug-likeness (QED) is 0.515. The minimum atomic E-state index is 0. The Morgan fingerprint density at radius 1 is 0.444 bits per heavy atom. The van der Waals surface area contributed by atoms with Crippen LogP contribution in [0.3, 0.4) is 0 Å². The van der Waals surface area contributed by atoms with Crippen molar-refractivity contribution in [3.05, 3.63) is 84.9 Å². The van der Waals surface area contributed by atoms with Crippen LogP contribution in [0.5, 0.6) is 11.5 Å². The molecule has 1 radical (unpaired) electrons. The van der Waals surface area contributed by atoms with Gasteiger partial charge in [0.05, 0.1) is 22.8 Å². The van der Waals surface area contributed by atoms with Gasteiger partial charge in [0.1, 0.15) is 11.5 Å². The number of nitrogens with zero attached hydrogens (tertiary/aromatic N) is 2. The smallest absolute Gasteiger partial charge is 0.124 e. The van der Waals surface area contributed by atoms with E-state index in [0.717, 1.165) is 0 Å². The van der Waals surface area contributed by atoms with Crippen molar-refractivity contribution in [2.75, 3.05) is 0 Å². The van der Waals surface area contributed by atoms with Crippen molar-refractivity contribution in [3.63, 3.8) is 0 Å². The average Bonchev–Trinajstić information content (AvgIpc) is 2.69. The largest absolute Gasteiger partial charge is 0.507 e. The molecule has 4 rings (SSSR count). The van der Waals surface area contributed by atoms with Gasteiger partial charge in [-0.15, -0.1) is 0 Å². The van der Waals surface area contributed by atoms with Crippen LogP contribution < -0.4 is 0 Å². The minimum Gasteiger partial charge on any atom is -0.507 e. The Kier molecular flexibility index (Phi) is 5.54. The Labute approximate surface area is 167 Å². The number of hydrogen-bond acceptors (Lipinski definition) is 4. The first-order valence-corrected chi connectivity index (χ1v) is 8.23. The zero-order valence-electron chi connectivity index (χ0n) is 14.2. The monoisotopic (exact) mass is 399 g/mol. The molecule has 0 amide bonds. The van der Waals surface area contributed by atoms with Gasteiger partial charge in [-0.3, -0.25) is 0 Å². The molecule has 2 heterocycles. The number of phenolic OH excluding ortho intramolecular Hbond substituents is 2. The van der Waals surface area contributed by atoms with Crippen LogP contribution in [0, 0.1) is 0 Å². The molecule has 2 aromatic heterocycles. The molecule has 0 saturated carbocycles. The molecular formula is C22H16CoN2O2. The van der Waals surface area contributed by atoms with Crippen molar-refractivity contribution in [1.29, 1.82) is 0 Å². The van der Waals surface area contributed by atoms with Crippen molar-refractivity contribution in [2.24, 2.45) is 0 Å². The van der Waals surface area contributed by atoms with E-state index in [-0.39, 0.29) is 28.3 Å². The number of pyridine rings is 2. The summed E-state index contributed by atoms with van der Waals surface area (Å²) >= 11 is 0. The molecule has 27 heavy (non-hydrogen) atoms. The molecule has 0 bridgehead atoms. The predicted molar refractivity (Wildman–Crippen MR) is 102 cm³/mol. The van der Waals surface area contributed by atoms with Gasteiger partial charge in [-0.05, 0) is 48.5 Å². The van der Waals surface area contributed by atoms with Crippen molar-refractivity contribution in [2.45, 2.75) is 0 Å². The van der Waals surface area contributed by atoms with Gasteiger partial charge < -0.3 is 10.2 Å². The third kappa shape index (κ3) is 3.84. The standard InChI is InChI=1S/C22H16N2O2.Co/c25-21-13-3-1-7-15(21)17-9-5-11-19(23-17)20-12-6-10-18(24-20)16-8-2-4-14-22(16)26;/h1-14,25-26H;. The second-order valence-electron chi connectivity index (χ2n) is 5.85. The summed E-state index contributed by atoms with van der Waals surface area (Å²) in [5.74, 6) is 0.376. The number of rotatable bonds is 3. The molecule has 135 valence electrons. The predicted octanol–water partition coefficient (Wildman–Crippen LogP) is 4.89. The van der Waals surface area contributed by atoms with E-state index in [0.29, 0.717) is 33.9 Å². The van der Waals surface area contributed by atoms with E-state index in [1.54, 1.807) is 24.3 Å². The first-order valence-electron chi connectivity index (χ1n) is 8.23. The number of benzene rings is 2. The van der Waals surface area contributed by atoms with Gasteiger partial charge in [0, 0.05) is 27.9 Å². The fraction of sp³-hybridized carbons (Fsp3) is 0. The third-order valence-corrected chi connectivity index (χ3v) is 4.12. The Morgan fingerprint density at radius 3 is 1.22 bits per heavy atom. The van der Waals surface area contributed by atoms with E-state index in [1.165, 1.54) is 0 Å². The maximum atomic E-state index is 10.1. The summed E-state index contributed by atoms with van der Waals surface area (Å²) in [6, 6.07) is 25.4. The average molecular weight is 399 g/mol. The molecule has 0 atom stereocenters. The number of phenols is 2. The van der Waals surface area contributed by atoms with Gasteiger partial charge >= 0.3 is 0 Å². The summed E-state index contributed by atoms with van der Waals surface area (Å²) < 4.78 is 0. The Balaban J connectivity index is 0.00000210. The van der Waals surface area contributed by atoms with Crippen LogP contribution in [-0.4, -0.2) is 20.2 Å². The van der Waals surface area contributed by atoms with E-state index in [2.05, 4.69) is 9.97 Å². The Morgan fingerprint density at radius 2 is 0.815 bits per heavy atom. The first kappa shape index (κ1) is 18.6. The van der Waals surface area contributed by atoms with E-state index in [9.17, 15) is 10.2 Å². The van der Waals surface area contributed by atoms with Crippen LogP contribution in [-0.2, 0) is 16.8 Å². The summed E-state index contributed by atoms with van der Waals surface area (Å²) in [6.07, 6.45) is 0. The normalized spacial score (nSPS) is 10.2. The number of aromatic hydroxyl groups is 2. The fourth-order valence-electron chi connectivity index (χ4n) is 2.84. The zero-order valence-corrected chi connectivity index (χ0v) is 15.2. The summed E-state index contributed by atoms with van der Waals surface area (Å²) in [4.78, 5) is 9.29. The summed E-state index contributed by atoms with van der Waals surface area (Å²) in [7, 11) is 0. The molecule has 2 aromatic carbocycles. The molecule has 0 aliphatic carbocycles. The third-order valence-electron chi connectivity index (χ3n) is 4.12. The van der Waals surface area contributed by atoms with Crippen molar-refractivity contribution < 1.29 is 27.0 Å².